The maximum atomic E-state index is 13.7. The Morgan fingerprint density at radius 1 is 1.36 bits per heavy atom. The van der Waals surface area contributed by atoms with Gasteiger partial charge in [0.05, 0.1) is 17.6 Å². The quantitative estimate of drug-likeness (QED) is 0.605. The zero-order chi connectivity index (χ0) is 20.3. The Morgan fingerprint density at radius 2 is 2.07 bits per heavy atom. The molecule has 0 radical (unpaired) electrons. The number of ether oxygens (including phenoxy) is 1. The number of hydrogen-bond donors (Lipinski definition) is 2. The summed E-state index contributed by atoms with van der Waals surface area (Å²) in [6.45, 7) is -0.261. The number of hydrogen-bond acceptors (Lipinski definition) is 7. The molecule has 3 aromatic rings. The van der Waals surface area contributed by atoms with Gasteiger partial charge in [-0.25, -0.2) is 18.6 Å². The summed E-state index contributed by atoms with van der Waals surface area (Å²) in [5.41, 5.74) is 6.01. The minimum Gasteiger partial charge on any atom is -0.479 e. The maximum absolute atomic E-state index is 13.7. The first-order valence-corrected chi connectivity index (χ1v) is 8.21. The number of nitrogens with zero attached hydrogens (tertiary/aromatic N) is 5. The minimum atomic E-state index is -2.24. The lowest BCUT2D eigenvalue weighted by Crippen LogP contribution is -2.41. The topological polar surface area (TPSA) is 129 Å². The van der Waals surface area contributed by atoms with E-state index >= 15 is 0 Å². The molecule has 0 saturated carbocycles. The van der Waals surface area contributed by atoms with Crippen LogP contribution in [-0.2, 0) is 11.3 Å². The Bertz CT molecular complexity index is 985. The van der Waals surface area contributed by atoms with E-state index in [1.165, 1.54) is 6.20 Å². The van der Waals surface area contributed by atoms with Gasteiger partial charge in [-0.1, -0.05) is 11.6 Å². The third kappa shape index (κ3) is 4.56. The molecular weight excluding hydrogens is 398 g/mol. The first-order chi connectivity index (χ1) is 13.3. The van der Waals surface area contributed by atoms with Crippen LogP contribution in [0, 0.1) is 5.82 Å². The van der Waals surface area contributed by atoms with Crippen LogP contribution in [0.2, 0.25) is 5.02 Å². The Balaban J connectivity index is 1.68. The summed E-state index contributed by atoms with van der Waals surface area (Å²) >= 11 is 5.64. The van der Waals surface area contributed by atoms with Crippen LogP contribution in [-0.4, -0.2) is 48.5 Å². The smallest absolute Gasteiger partial charge is 0.340 e. The van der Waals surface area contributed by atoms with E-state index in [0.717, 1.165) is 10.9 Å². The van der Waals surface area contributed by atoms with E-state index in [9.17, 15) is 13.6 Å². The molecule has 9 nitrogen and oxygen atoms in total. The number of carboxylic acids is 1. The maximum Gasteiger partial charge on any atom is 0.340 e. The SMILES string of the molecule is NC(Cn1nnc(-c2ccc(Oc3ncc(Cl)cc3F)cc2)n1)C(F)C(=O)O. The van der Waals surface area contributed by atoms with Gasteiger partial charge in [-0.3, -0.25) is 0 Å². The van der Waals surface area contributed by atoms with Gasteiger partial charge in [0.1, 0.15) is 5.75 Å². The molecular formula is C16H13ClF2N6O3. The van der Waals surface area contributed by atoms with Crippen LogP contribution in [0.1, 0.15) is 0 Å². The average molecular weight is 411 g/mol. The van der Waals surface area contributed by atoms with E-state index in [1.54, 1.807) is 24.3 Å². The van der Waals surface area contributed by atoms with Crippen molar-refractivity contribution in [3.63, 3.8) is 0 Å². The van der Waals surface area contributed by atoms with Crippen molar-refractivity contribution < 1.29 is 23.4 Å². The van der Waals surface area contributed by atoms with Crippen LogP contribution in [0.5, 0.6) is 11.6 Å². The van der Waals surface area contributed by atoms with Crippen molar-refractivity contribution in [2.24, 2.45) is 5.73 Å². The molecule has 28 heavy (non-hydrogen) atoms. The monoisotopic (exact) mass is 410 g/mol. The van der Waals surface area contributed by atoms with E-state index in [-0.39, 0.29) is 23.3 Å². The molecule has 0 amide bonds. The molecule has 0 aliphatic rings. The molecule has 0 aliphatic heterocycles. The molecule has 2 atom stereocenters. The zero-order valence-electron chi connectivity index (χ0n) is 14.0. The molecule has 2 unspecified atom stereocenters. The standard InChI is InChI=1S/C16H13ClF2N6O3/c17-9-5-11(18)15(21-6-9)28-10-3-1-8(2-4-10)14-22-24-25(23-14)7-12(20)13(19)16(26)27/h1-6,12-13H,7,20H2,(H,26,27). The van der Waals surface area contributed by atoms with Crippen molar-refractivity contribution >= 4 is 17.6 Å². The van der Waals surface area contributed by atoms with Crippen LogP contribution in [0.4, 0.5) is 8.78 Å². The van der Waals surface area contributed by atoms with E-state index in [2.05, 4.69) is 20.4 Å². The van der Waals surface area contributed by atoms with Gasteiger partial charge in [-0.05, 0) is 35.5 Å². The van der Waals surface area contributed by atoms with Crippen molar-refractivity contribution in [2.75, 3.05) is 0 Å². The predicted molar refractivity (Wildman–Crippen MR) is 93.0 cm³/mol. The third-order valence-electron chi connectivity index (χ3n) is 3.54. The second kappa shape index (κ2) is 8.23. The molecule has 0 bridgehead atoms. The highest BCUT2D eigenvalue weighted by Crippen LogP contribution is 2.25. The number of benzene rings is 1. The summed E-state index contributed by atoms with van der Waals surface area (Å²) < 4.78 is 32.4. The lowest BCUT2D eigenvalue weighted by Gasteiger charge is -2.11. The van der Waals surface area contributed by atoms with Crippen molar-refractivity contribution in [3.8, 4) is 23.0 Å². The summed E-state index contributed by atoms with van der Waals surface area (Å²) in [5, 5.41) is 20.3. The number of carboxylic acid groups (broad SMARTS) is 1. The van der Waals surface area contributed by atoms with E-state index < -0.39 is 24.0 Å². The fourth-order valence-electron chi connectivity index (χ4n) is 2.16. The molecule has 3 N–H and O–H groups in total. The number of tetrazole rings is 1. The number of pyridine rings is 1. The van der Waals surface area contributed by atoms with Gasteiger partial charge in [-0.2, -0.15) is 4.80 Å². The Labute approximate surface area is 161 Å². The fraction of sp³-hybridized carbons (Fsp3) is 0.188. The van der Waals surface area contributed by atoms with Gasteiger partial charge in [0.25, 0.3) is 5.88 Å². The molecule has 2 aromatic heterocycles. The Hall–Kier alpha value is -3.18. The molecule has 146 valence electrons. The average Bonchev–Trinajstić information content (AvgIpc) is 3.12. The number of halogens is 3. The number of nitrogens with two attached hydrogens (primary N) is 1. The molecule has 2 heterocycles. The first-order valence-electron chi connectivity index (χ1n) is 7.83. The summed E-state index contributed by atoms with van der Waals surface area (Å²) in [7, 11) is 0. The summed E-state index contributed by atoms with van der Waals surface area (Å²) in [4.78, 5) is 15.4. The largest absolute Gasteiger partial charge is 0.479 e. The van der Waals surface area contributed by atoms with Crippen molar-refractivity contribution in [1.29, 1.82) is 0 Å². The lowest BCUT2D eigenvalue weighted by molar-refractivity contribution is -0.143. The first kappa shape index (κ1) is 19.6. The fourth-order valence-corrected chi connectivity index (χ4v) is 2.31. The number of alkyl halides is 1. The van der Waals surface area contributed by atoms with E-state index in [0.29, 0.717) is 11.3 Å². The summed E-state index contributed by atoms with van der Waals surface area (Å²) in [5.74, 6) is -2.07. The van der Waals surface area contributed by atoms with Crippen LogP contribution >= 0.6 is 11.6 Å². The second-order valence-electron chi connectivity index (χ2n) is 5.64. The normalized spacial score (nSPS) is 13.1. The highest BCUT2D eigenvalue weighted by Gasteiger charge is 2.25. The van der Waals surface area contributed by atoms with Crippen molar-refractivity contribution in [2.45, 2.75) is 18.8 Å². The van der Waals surface area contributed by atoms with E-state index in [4.69, 9.17) is 27.2 Å². The molecule has 0 saturated heterocycles. The van der Waals surface area contributed by atoms with Crippen molar-refractivity contribution in [1.82, 2.24) is 25.2 Å². The van der Waals surface area contributed by atoms with Crippen molar-refractivity contribution in [3.05, 3.63) is 47.4 Å². The molecule has 1 aromatic carbocycles. The second-order valence-corrected chi connectivity index (χ2v) is 6.08. The van der Waals surface area contributed by atoms with E-state index in [1.807, 2.05) is 0 Å². The molecule has 12 heteroatoms. The van der Waals surface area contributed by atoms with Gasteiger partial charge >= 0.3 is 5.97 Å². The number of carbonyl (C=O) groups is 1. The highest BCUT2D eigenvalue weighted by atomic mass is 35.5. The van der Waals surface area contributed by atoms with Crippen LogP contribution in [0.3, 0.4) is 0 Å². The zero-order valence-corrected chi connectivity index (χ0v) is 14.8. The van der Waals surface area contributed by atoms with Gasteiger partial charge in [0, 0.05) is 11.8 Å². The molecule has 0 aliphatic carbocycles. The molecule has 0 spiro atoms. The number of aromatic nitrogens is 5. The van der Waals surface area contributed by atoms with Crippen LogP contribution in [0.25, 0.3) is 11.4 Å². The lowest BCUT2D eigenvalue weighted by atomic mass is 10.2. The van der Waals surface area contributed by atoms with Crippen LogP contribution < -0.4 is 10.5 Å². The number of rotatable bonds is 7. The minimum absolute atomic E-state index is 0.150. The molecule has 0 fully saturated rings. The Morgan fingerprint density at radius 3 is 2.71 bits per heavy atom. The van der Waals surface area contributed by atoms with Gasteiger partial charge < -0.3 is 15.6 Å². The summed E-state index contributed by atoms with van der Waals surface area (Å²) in [6.07, 6.45) is -0.985. The third-order valence-corrected chi connectivity index (χ3v) is 3.75. The van der Waals surface area contributed by atoms with Gasteiger partial charge in [-0.15, -0.1) is 10.2 Å². The highest BCUT2D eigenvalue weighted by molar-refractivity contribution is 6.30. The van der Waals surface area contributed by atoms with Crippen LogP contribution in [0.15, 0.2) is 36.5 Å². The Kier molecular flexibility index (Phi) is 5.76. The summed E-state index contributed by atoms with van der Waals surface area (Å²) in [6, 6.07) is 6.03. The van der Waals surface area contributed by atoms with Gasteiger partial charge in [0.15, 0.2) is 5.82 Å². The predicted octanol–water partition coefficient (Wildman–Crippen LogP) is 2.07. The van der Waals surface area contributed by atoms with Gasteiger partial charge in [0.2, 0.25) is 12.0 Å². The molecule has 3 rings (SSSR count). The number of aliphatic carboxylic acids is 1.